The van der Waals surface area contributed by atoms with Crippen molar-refractivity contribution in [3.05, 3.63) is 65.3 Å². The van der Waals surface area contributed by atoms with E-state index in [0.29, 0.717) is 28.5 Å². The molecule has 0 bridgehead atoms. The fraction of sp³-hybridized carbons (Fsp3) is 0.292. The third-order valence-corrected chi connectivity index (χ3v) is 8.51. The maximum Gasteiger partial charge on any atom is 0.175 e. The molecular formula is C24H23ClN4O3S. The third-order valence-electron chi connectivity index (χ3n) is 6.22. The fourth-order valence-electron chi connectivity index (χ4n) is 4.54. The summed E-state index contributed by atoms with van der Waals surface area (Å²) in [5.41, 5.74) is 2.22. The van der Waals surface area contributed by atoms with Crippen molar-refractivity contribution < 1.29 is 13.2 Å². The molecule has 170 valence electrons. The highest BCUT2D eigenvalue weighted by atomic mass is 35.5. The van der Waals surface area contributed by atoms with E-state index in [4.69, 9.17) is 16.7 Å². The van der Waals surface area contributed by atoms with E-state index in [2.05, 4.69) is 5.10 Å². The van der Waals surface area contributed by atoms with Crippen molar-refractivity contribution in [3.63, 3.8) is 0 Å². The molecule has 1 aliphatic rings. The molecule has 2 aromatic carbocycles. The van der Waals surface area contributed by atoms with E-state index in [1.807, 2.05) is 62.6 Å². The quantitative estimate of drug-likeness (QED) is 0.391. The smallest absolute Gasteiger partial charge is 0.175 e. The van der Waals surface area contributed by atoms with Crippen LogP contribution < -0.4 is 0 Å². The zero-order valence-corrected chi connectivity index (χ0v) is 19.9. The first-order chi connectivity index (χ1) is 15.6. The highest BCUT2D eigenvalue weighted by molar-refractivity contribution is 7.91. The van der Waals surface area contributed by atoms with Crippen molar-refractivity contribution in [3.8, 4) is 17.1 Å². The van der Waals surface area contributed by atoms with E-state index in [-0.39, 0.29) is 23.7 Å². The van der Waals surface area contributed by atoms with E-state index < -0.39 is 15.3 Å². The largest absolute Gasteiger partial charge is 0.294 e. The van der Waals surface area contributed by atoms with Gasteiger partial charge in [-0.3, -0.25) is 9.48 Å². The number of sulfone groups is 1. The van der Waals surface area contributed by atoms with Crippen LogP contribution in [0.5, 0.6) is 0 Å². The van der Waals surface area contributed by atoms with Gasteiger partial charge in [-0.1, -0.05) is 42.8 Å². The Morgan fingerprint density at radius 1 is 1.15 bits per heavy atom. The van der Waals surface area contributed by atoms with Gasteiger partial charge in [-0.2, -0.15) is 10.2 Å². The molecule has 0 spiro atoms. The van der Waals surface area contributed by atoms with Gasteiger partial charge in [0.05, 0.1) is 22.0 Å². The van der Waals surface area contributed by atoms with Gasteiger partial charge in [0.2, 0.25) is 0 Å². The summed E-state index contributed by atoms with van der Waals surface area (Å²) in [6.07, 6.45) is 2.52. The van der Waals surface area contributed by atoms with Gasteiger partial charge in [0.1, 0.15) is 5.69 Å². The molecule has 1 aliphatic heterocycles. The lowest BCUT2D eigenvalue weighted by Crippen LogP contribution is -2.22. The van der Waals surface area contributed by atoms with E-state index in [0.717, 1.165) is 16.5 Å². The number of carbonyl (C=O) groups is 1. The number of hydrogen-bond donors (Lipinski definition) is 0. The van der Waals surface area contributed by atoms with Crippen molar-refractivity contribution in [2.75, 3.05) is 11.5 Å². The number of aryl methyl sites for hydroxylation is 1. The summed E-state index contributed by atoms with van der Waals surface area (Å²) in [5, 5.41) is 10.7. The van der Waals surface area contributed by atoms with E-state index >= 15 is 0 Å². The second-order valence-corrected chi connectivity index (χ2v) is 11.7. The second-order valence-electron chi connectivity index (χ2n) is 9.07. The predicted octanol–water partition coefficient (Wildman–Crippen LogP) is 4.48. The number of rotatable bonds is 5. The number of benzene rings is 2. The van der Waals surface area contributed by atoms with Crippen molar-refractivity contribution in [1.29, 1.82) is 0 Å². The van der Waals surface area contributed by atoms with E-state index in [9.17, 15) is 13.2 Å². The molecule has 1 fully saturated rings. The molecule has 33 heavy (non-hydrogen) atoms. The zero-order chi connectivity index (χ0) is 23.4. The summed E-state index contributed by atoms with van der Waals surface area (Å²) < 4.78 is 27.3. The van der Waals surface area contributed by atoms with Crippen LogP contribution >= 0.6 is 11.6 Å². The molecule has 0 aliphatic carbocycles. The maximum absolute atomic E-state index is 13.2. The van der Waals surface area contributed by atoms with E-state index in [1.54, 1.807) is 15.4 Å². The summed E-state index contributed by atoms with van der Waals surface area (Å²) in [5.74, 6) is 0.740. The molecule has 9 heteroatoms. The molecule has 1 atom stereocenters. The number of hydrogen-bond acceptors (Lipinski definition) is 5. The molecule has 4 aromatic rings. The van der Waals surface area contributed by atoms with Crippen molar-refractivity contribution >= 4 is 38.1 Å². The van der Waals surface area contributed by atoms with Crippen molar-refractivity contribution in [1.82, 2.24) is 19.6 Å². The molecule has 7 nitrogen and oxygen atoms in total. The van der Waals surface area contributed by atoms with Crippen LogP contribution in [0.25, 0.3) is 28.0 Å². The molecule has 3 heterocycles. The minimum absolute atomic E-state index is 0.0521. The molecule has 1 unspecified atom stereocenters. The minimum Gasteiger partial charge on any atom is -0.294 e. The number of halogens is 1. The summed E-state index contributed by atoms with van der Waals surface area (Å²) in [4.78, 5) is 13.2. The Hall–Kier alpha value is -2.97. The lowest BCUT2D eigenvalue weighted by Gasteiger charge is -2.20. The Bertz CT molecular complexity index is 1510. The number of aromatic nitrogens is 4. The monoisotopic (exact) mass is 482 g/mol. The molecule has 2 aromatic heterocycles. The van der Waals surface area contributed by atoms with E-state index in [1.165, 1.54) is 0 Å². The predicted molar refractivity (Wildman–Crippen MR) is 129 cm³/mol. The Kier molecular flexibility index (Phi) is 5.17. The van der Waals surface area contributed by atoms with Gasteiger partial charge in [0, 0.05) is 42.2 Å². The number of fused-ring (bicyclic) bond motifs is 1. The highest BCUT2D eigenvalue weighted by Crippen LogP contribution is 2.38. The lowest BCUT2D eigenvalue weighted by atomic mass is 9.83. The molecule has 5 rings (SSSR count). The standard InChI is InChI=1S/C24H23ClN4O3S/c1-24(10-12-33(31,32)15-24)14-21(30)16-7-8-18-20(13-16)29(22-9-11-28(2)26-22)27-23(18)17-5-3-4-6-19(17)25/h3-9,11,13H,10,12,14-15H2,1-2H3. The summed E-state index contributed by atoms with van der Waals surface area (Å²) in [6, 6.07) is 14.8. The number of ketones is 1. The Morgan fingerprint density at radius 3 is 2.61 bits per heavy atom. The zero-order valence-electron chi connectivity index (χ0n) is 18.3. The molecule has 0 saturated carbocycles. The number of carbonyl (C=O) groups excluding carboxylic acids is 1. The number of Topliss-reactive ketones (excluding diaryl/α,β-unsaturated/α-hetero) is 1. The summed E-state index contributed by atoms with van der Waals surface area (Å²) in [7, 11) is -1.25. The van der Waals surface area contributed by atoms with Crippen LogP contribution in [0.4, 0.5) is 0 Å². The Labute approximate surface area is 196 Å². The van der Waals surface area contributed by atoms with Crippen LogP contribution in [0.3, 0.4) is 0 Å². The van der Waals surface area contributed by atoms with Crippen LogP contribution in [0, 0.1) is 5.41 Å². The first-order valence-electron chi connectivity index (χ1n) is 10.7. The second kappa shape index (κ2) is 7.81. The van der Waals surface area contributed by atoms with Gasteiger partial charge in [-0.05, 0) is 30.0 Å². The van der Waals surface area contributed by atoms with Crippen LogP contribution in [-0.4, -0.2) is 45.3 Å². The van der Waals surface area contributed by atoms with Gasteiger partial charge >= 0.3 is 0 Å². The normalized spacial score (nSPS) is 19.8. The average Bonchev–Trinajstić information content (AvgIpc) is 3.43. The highest BCUT2D eigenvalue weighted by Gasteiger charge is 2.40. The Balaban J connectivity index is 1.61. The molecule has 0 radical (unpaired) electrons. The maximum atomic E-state index is 13.2. The van der Waals surface area contributed by atoms with Crippen molar-refractivity contribution in [2.45, 2.75) is 19.8 Å². The van der Waals surface area contributed by atoms with Crippen LogP contribution in [-0.2, 0) is 16.9 Å². The molecule has 0 amide bonds. The van der Waals surface area contributed by atoms with Crippen LogP contribution in [0.1, 0.15) is 30.1 Å². The van der Waals surface area contributed by atoms with Crippen molar-refractivity contribution in [2.24, 2.45) is 12.5 Å². The van der Waals surface area contributed by atoms with Crippen LogP contribution in [0.2, 0.25) is 5.02 Å². The molecule has 0 N–H and O–H groups in total. The summed E-state index contributed by atoms with van der Waals surface area (Å²) in [6.45, 7) is 1.88. The first-order valence-corrected chi connectivity index (χ1v) is 12.9. The Morgan fingerprint density at radius 2 is 1.94 bits per heavy atom. The molecular weight excluding hydrogens is 460 g/mol. The SMILES string of the molecule is Cn1ccc(-n2nc(-c3ccccc3Cl)c3ccc(C(=O)CC4(C)CCS(=O)(=O)C4)cc32)n1. The fourth-order valence-corrected chi connectivity index (χ4v) is 7.02. The van der Waals surface area contributed by atoms with Gasteiger partial charge < -0.3 is 0 Å². The third kappa shape index (κ3) is 4.09. The minimum atomic E-state index is -3.08. The summed E-state index contributed by atoms with van der Waals surface area (Å²) >= 11 is 6.46. The first kappa shape index (κ1) is 21.9. The van der Waals surface area contributed by atoms with Gasteiger partial charge in [-0.15, -0.1) is 0 Å². The lowest BCUT2D eigenvalue weighted by molar-refractivity contribution is 0.0934. The van der Waals surface area contributed by atoms with Crippen LogP contribution in [0.15, 0.2) is 54.7 Å². The van der Waals surface area contributed by atoms with Gasteiger partial charge in [0.25, 0.3) is 0 Å². The average molecular weight is 483 g/mol. The topological polar surface area (TPSA) is 86.9 Å². The molecule has 1 saturated heterocycles. The van der Waals surface area contributed by atoms with Gasteiger partial charge in [-0.25, -0.2) is 13.1 Å². The van der Waals surface area contributed by atoms with Gasteiger partial charge in [0.15, 0.2) is 21.4 Å². The number of nitrogens with zero attached hydrogens (tertiary/aromatic N) is 4.